The first-order chi connectivity index (χ1) is 19.1. The molecule has 0 radical (unpaired) electrons. The summed E-state index contributed by atoms with van der Waals surface area (Å²) in [6.07, 6.45) is -2.16. The SMILES string of the molecule is COC(=O)c1cc(-c2ccc(C3CCN(C(=O)C(F)(F)F)CC3)cc2)cc(-n2cc(-c3ccc(Br)cc3)nn2)c1. The number of alkyl halides is 3. The number of esters is 1. The van der Waals surface area contributed by atoms with E-state index in [1.807, 2.05) is 54.6 Å². The van der Waals surface area contributed by atoms with Crippen LogP contribution >= 0.6 is 15.9 Å². The molecule has 0 atom stereocenters. The van der Waals surface area contributed by atoms with E-state index in [4.69, 9.17) is 4.74 Å². The predicted molar refractivity (Wildman–Crippen MR) is 146 cm³/mol. The molecule has 1 fully saturated rings. The normalized spacial score (nSPS) is 14.3. The highest BCUT2D eigenvalue weighted by Crippen LogP contribution is 2.32. The fourth-order valence-corrected chi connectivity index (χ4v) is 5.10. The quantitative estimate of drug-likeness (QED) is 0.243. The molecule has 206 valence electrons. The summed E-state index contributed by atoms with van der Waals surface area (Å²) in [6.45, 7) is 0.130. The average molecular weight is 613 g/mol. The number of benzene rings is 3. The van der Waals surface area contributed by atoms with Gasteiger partial charge in [0.15, 0.2) is 0 Å². The Morgan fingerprint density at radius 1 is 0.925 bits per heavy atom. The number of hydrogen-bond acceptors (Lipinski definition) is 5. The highest BCUT2D eigenvalue weighted by atomic mass is 79.9. The van der Waals surface area contributed by atoms with Crippen molar-refractivity contribution < 1.29 is 27.5 Å². The van der Waals surface area contributed by atoms with Crippen LogP contribution in [0.1, 0.15) is 34.7 Å². The van der Waals surface area contributed by atoms with Crippen LogP contribution in [0, 0.1) is 0 Å². The lowest BCUT2D eigenvalue weighted by atomic mass is 9.88. The molecule has 4 aromatic rings. The van der Waals surface area contributed by atoms with Crippen LogP contribution in [-0.2, 0) is 9.53 Å². The van der Waals surface area contributed by atoms with Gasteiger partial charge in [-0.2, -0.15) is 13.2 Å². The van der Waals surface area contributed by atoms with Gasteiger partial charge in [-0.05, 0) is 65.8 Å². The minimum absolute atomic E-state index is 0.0514. The standard InChI is InChI=1S/C29H24BrF3N4O3/c1-40-27(38)23-14-22(15-25(16-23)37-17-26(34-35-37)21-6-8-24(30)9-7-21)19-4-2-18(3-5-19)20-10-12-36(13-11-20)28(39)29(31,32)33/h2-9,14-17,20H,10-13H2,1H3. The second-order valence-corrected chi connectivity index (χ2v) is 10.4. The first-order valence-corrected chi connectivity index (χ1v) is 13.3. The molecule has 1 aromatic heterocycles. The van der Waals surface area contributed by atoms with E-state index >= 15 is 0 Å². The molecule has 1 amide bonds. The molecule has 1 aliphatic heterocycles. The second kappa shape index (κ2) is 11.2. The van der Waals surface area contributed by atoms with Gasteiger partial charge < -0.3 is 9.64 Å². The van der Waals surface area contributed by atoms with Gasteiger partial charge in [0.25, 0.3) is 0 Å². The smallest absolute Gasteiger partial charge is 0.465 e. The van der Waals surface area contributed by atoms with Crippen LogP contribution in [0.25, 0.3) is 28.1 Å². The third-order valence-electron chi connectivity index (χ3n) is 6.98. The van der Waals surface area contributed by atoms with Crippen molar-refractivity contribution in [3.8, 4) is 28.1 Å². The topological polar surface area (TPSA) is 77.3 Å². The lowest BCUT2D eigenvalue weighted by molar-refractivity contribution is -0.186. The number of carbonyl (C=O) groups excluding carboxylic acids is 2. The zero-order valence-corrected chi connectivity index (χ0v) is 22.9. The van der Waals surface area contributed by atoms with E-state index in [2.05, 4.69) is 26.2 Å². The molecule has 0 aliphatic carbocycles. The van der Waals surface area contributed by atoms with Gasteiger partial charge in [-0.1, -0.05) is 57.5 Å². The second-order valence-electron chi connectivity index (χ2n) is 9.50. The van der Waals surface area contributed by atoms with E-state index in [1.165, 1.54) is 7.11 Å². The van der Waals surface area contributed by atoms with Gasteiger partial charge in [0.05, 0.1) is 24.6 Å². The molecule has 0 spiro atoms. The first-order valence-electron chi connectivity index (χ1n) is 12.5. The Balaban J connectivity index is 1.38. The lowest BCUT2D eigenvalue weighted by Gasteiger charge is -2.32. The van der Waals surface area contributed by atoms with Crippen molar-refractivity contribution in [3.05, 3.63) is 88.5 Å². The van der Waals surface area contributed by atoms with E-state index in [0.29, 0.717) is 29.8 Å². The lowest BCUT2D eigenvalue weighted by Crippen LogP contribution is -2.45. The van der Waals surface area contributed by atoms with Crippen molar-refractivity contribution in [1.82, 2.24) is 19.9 Å². The van der Waals surface area contributed by atoms with Crippen molar-refractivity contribution in [2.24, 2.45) is 0 Å². The van der Waals surface area contributed by atoms with Crippen LogP contribution < -0.4 is 0 Å². The maximum absolute atomic E-state index is 12.8. The fourth-order valence-electron chi connectivity index (χ4n) is 4.83. The summed E-state index contributed by atoms with van der Waals surface area (Å²) in [4.78, 5) is 24.9. The molecule has 0 unspecified atom stereocenters. The number of carbonyl (C=O) groups is 2. The molecular formula is C29H24BrF3N4O3. The highest BCUT2D eigenvalue weighted by Gasteiger charge is 2.43. The van der Waals surface area contributed by atoms with Gasteiger partial charge in [-0.15, -0.1) is 5.10 Å². The zero-order valence-electron chi connectivity index (χ0n) is 21.4. The van der Waals surface area contributed by atoms with Gasteiger partial charge in [0, 0.05) is 23.1 Å². The molecule has 5 rings (SSSR count). The summed E-state index contributed by atoms with van der Waals surface area (Å²) >= 11 is 3.42. The molecule has 1 saturated heterocycles. The maximum Gasteiger partial charge on any atom is 0.471 e. The van der Waals surface area contributed by atoms with Crippen molar-refractivity contribution in [2.45, 2.75) is 24.9 Å². The van der Waals surface area contributed by atoms with Gasteiger partial charge in [-0.3, -0.25) is 4.79 Å². The van der Waals surface area contributed by atoms with Crippen LogP contribution in [0.3, 0.4) is 0 Å². The van der Waals surface area contributed by atoms with Crippen LogP contribution in [-0.4, -0.2) is 58.1 Å². The number of likely N-dealkylation sites (tertiary alicyclic amines) is 1. The zero-order chi connectivity index (χ0) is 28.4. The molecule has 11 heteroatoms. The van der Waals surface area contributed by atoms with Crippen molar-refractivity contribution in [3.63, 3.8) is 0 Å². The van der Waals surface area contributed by atoms with Crippen molar-refractivity contribution in [1.29, 1.82) is 0 Å². The summed E-state index contributed by atoms with van der Waals surface area (Å²) in [5.74, 6) is -2.22. The molecule has 7 nitrogen and oxygen atoms in total. The summed E-state index contributed by atoms with van der Waals surface area (Å²) < 4.78 is 45.8. The van der Waals surface area contributed by atoms with Gasteiger partial charge in [0.1, 0.15) is 5.69 Å². The van der Waals surface area contributed by atoms with Crippen LogP contribution in [0.4, 0.5) is 13.2 Å². The molecular weight excluding hydrogens is 589 g/mol. The number of rotatable bonds is 5. The van der Waals surface area contributed by atoms with E-state index in [-0.39, 0.29) is 19.0 Å². The molecule has 1 aliphatic rings. The first kappa shape index (κ1) is 27.6. The number of methoxy groups -OCH3 is 1. The summed E-state index contributed by atoms with van der Waals surface area (Å²) in [5.41, 5.74) is 5.13. The summed E-state index contributed by atoms with van der Waals surface area (Å²) in [7, 11) is 1.32. The van der Waals surface area contributed by atoms with Crippen molar-refractivity contribution >= 4 is 27.8 Å². The largest absolute Gasteiger partial charge is 0.471 e. The number of aromatic nitrogens is 3. The molecule has 0 saturated carbocycles. The Kier molecular flexibility index (Phi) is 7.75. The molecule has 0 bridgehead atoms. The highest BCUT2D eigenvalue weighted by molar-refractivity contribution is 9.10. The Morgan fingerprint density at radius 2 is 1.57 bits per heavy atom. The summed E-state index contributed by atoms with van der Waals surface area (Å²) in [6, 6.07) is 20.7. The number of piperidine rings is 1. The van der Waals surface area contributed by atoms with Crippen LogP contribution in [0.5, 0.6) is 0 Å². The minimum atomic E-state index is -4.85. The van der Waals surface area contributed by atoms with Crippen molar-refractivity contribution in [2.75, 3.05) is 20.2 Å². The molecule has 3 aromatic carbocycles. The van der Waals surface area contributed by atoms with Gasteiger partial charge >= 0.3 is 18.1 Å². The number of nitrogens with zero attached hydrogens (tertiary/aromatic N) is 4. The van der Waals surface area contributed by atoms with Crippen LogP contribution in [0.15, 0.2) is 77.4 Å². The molecule has 2 heterocycles. The number of halogens is 4. The molecule has 0 N–H and O–H groups in total. The molecule has 40 heavy (non-hydrogen) atoms. The van der Waals surface area contributed by atoms with Crippen LogP contribution in [0.2, 0.25) is 0 Å². The number of amides is 1. The third-order valence-corrected chi connectivity index (χ3v) is 7.51. The number of ether oxygens (including phenoxy) is 1. The number of hydrogen-bond donors (Lipinski definition) is 0. The van der Waals surface area contributed by atoms with E-state index < -0.39 is 18.1 Å². The fraction of sp³-hybridized carbons (Fsp3) is 0.241. The Morgan fingerprint density at radius 3 is 2.20 bits per heavy atom. The Hall–Kier alpha value is -3.99. The van der Waals surface area contributed by atoms with Gasteiger partial charge in [-0.25, -0.2) is 9.48 Å². The average Bonchev–Trinajstić information content (AvgIpc) is 3.47. The van der Waals surface area contributed by atoms with E-state index in [9.17, 15) is 22.8 Å². The predicted octanol–water partition coefficient (Wildman–Crippen LogP) is 6.42. The van der Waals surface area contributed by atoms with Gasteiger partial charge in [0.2, 0.25) is 0 Å². The van der Waals surface area contributed by atoms with E-state index in [1.54, 1.807) is 23.0 Å². The van der Waals surface area contributed by atoms with E-state index in [0.717, 1.165) is 31.6 Å². The third kappa shape index (κ3) is 5.94. The Labute approximate surface area is 236 Å². The maximum atomic E-state index is 12.8. The summed E-state index contributed by atoms with van der Waals surface area (Å²) in [5, 5.41) is 8.54. The monoisotopic (exact) mass is 612 g/mol. The minimum Gasteiger partial charge on any atom is -0.465 e. The Bertz CT molecular complexity index is 1530.